The Balaban J connectivity index is 1.29. The zero-order chi connectivity index (χ0) is 24.1. The van der Waals surface area contributed by atoms with Gasteiger partial charge in [-0.1, -0.05) is 88.6 Å². The lowest BCUT2D eigenvalue weighted by atomic mass is 10.1. The van der Waals surface area contributed by atoms with Gasteiger partial charge < -0.3 is 19.7 Å². The van der Waals surface area contributed by atoms with Crippen LogP contribution in [0.15, 0.2) is 66.9 Å². The smallest absolute Gasteiger partial charge is 0.141 e. The highest BCUT2D eigenvalue weighted by molar-refractivity contribution is 5.59. The Bertz CT molecular complexity index is 1090. The maximum Gasteiger partial charge on any atom is 0.141 e. The summed E-state index contributed by atoms with van der Waals surface area (Å²) in [6.45, 7) is 2.84. The van der Waals surface area contributed by atoms with E-state index in [1.54, 1.807) is 0 Å². The maximum atomic E-state index is 6.26. The summed E-state index contributed by atoms with van der Waals surface area (Å²) in [5, 5.41) is 0. The molecule has 0 atom stereocenters. The van der Waals surface area contributed by atoms with Crippen LogP contribution in [0.2, 0.25) is 0 Å². The second kappa shape index (κ2) is 13.7. The Morgan fingerprint density at radius 3 is 2.17 bits per heavy atom. The molecule has 0 radical (unpaired) electrons. The van der Waals surface area contributed by atoms with Gasteiger partial charge in [-0.15, -0.1) is 0 Å². The third-order valence-corrected chi connectivity index (χ3v) is 6.71. The minimum Gasteiger partial charge on any atom is -0.487 e. The van der Waals surface area contributed by atoms with Crippen LogP contribution in [0.25, 0.3) is 11.4 Å². The SMILES string of the molecule is CCCCCCCCCCCc1ccc(Cc2[nH]c(-c3ccc[nH]3)cc2OCc2ccccc2)[nH]1. The third kappa shape index (κ3) is 7.95. The highest BCUT2D eigenvalue weighted by Crippen LogP contribution is 2.29. The zero-order valence-electron chi connectivity index (χ0n) is 21.2. The van der Waals surface area contributed by atoms with Gasteiger partial charge >= 0.3 is 0 Å². The number of aromatic amines is 3. The number of hydrogen-bond acceptors (Lipinski definition) is 1. The molecule has 4 rings (SSSR count). The van der Waals surface area contributed by atoms with Crippen molar-refractivity contribution in [2.45, 2.75) is 84.2 Å². The first-order chi connectivity index (χ1) is 17.3. The molecule has 0 unspecified atom stereocenters. The van der Waals surface area contributed by atoms with Gasteiger partial charge in [-0.2, -0.15) is 0 Å². The van der Waals surface area contributed by atoms with E-state index in [1.165, 1.54) is 74.7 Å². The molecule has 0 saturated carbocycles. The predicted molar refractivity (Wildman–Crippen MR) is 146 cm³/mol. The second-order valence-electron chi connectivity index (χ2n) is 9.65. The third-order valence-electron chi connectivity index (χ3n) is 6.71. The molecule has 3 aromatic heterocycles. The number of aromatic nitrogens is 3. The molecule has 0 spiro atoms. The van der Waals surface area contributed by atoms with Crippen molar-refractivity contribution in [2.75, 3.05) is 0 Å². The van der Waals surface area contributed by atoms with E-state index < -0.39 is 0 Å². The molecule has 0 aliphatic heterocycles. The maximum absolute atomic E-state index is 6.26. The fourth-order valence-corrected chi connectivity index (χ4v) is 4.67. The summed E-state index contributed by atoms with van der Waals surface area (Å²) in [6.07, 6.45) is 16.2. The van der Waals surface area contributed by atoms with Crippen LogP contribution in [0, 0.1) is 0 Å². The van der Waals surface area contributed by atoms with Crippen LogP contribution in [0.5, 0.6) is 5.75 Å². The van der Waals surface area contributed by atoms with Crippen LogP contribution in [0.4, 0.5) is 0 Å². The predicted octanol–water partition coefficient (Wildman–Crippen LogP) is 8.58. The van der Waals surface area contributed by atoms with Gasteiger partial charge in [0, 0.05) is 30.1 Å². The number of ether oxygens (including phenoxy) is 1. The Kier molecular flexibility index (Phi) is 9.75. The van der Waals surface area contributed by atoms with E-state index in [-0.39, 0.29) is 0 Å². The summed E-state index contributed by atoms with van der Waals surface area (Å²) in [5.41, 5.74) is 6.95. The monoisotopic (exact) mass is 471 g/mol. The number of hydrogen-bond donors (Lipinski definition) is 3. The Morgan fingerprint density at radius 2 is 1.43 bits per heavy atom. The van der Waals surface area contributed by atoms with Crippen LogP contribution < -0.4 is 4.74 Å². The van der Waals surface area contributed by atoms with E-state index in [0.717, 1.165) is 35.7 Å². The van der Waals surface area contributed by atoms with Crippen molar-refractivity contribution in [1.29, 1.82) is 0 Å². The van der Waals surface area contributed by atoms with Gasteiger partial charge in [0.1, 0.15) is 12.4 Å². The van der Waals surface area contributed by atoms with Gasteiger partial charge in [-0.3, -0.25) is 0 Å². The van der Waals surface area contributed by atoms with Gasteiger partial charge in [-0.05, 0) is 42.7 Å². The molecule has 0 saturated heterocycles. The highest BCUT2D eigenvalue weighted by atomic mass is 16.5. The summed E-state index contributed by atoms with van der Waals surface area (Å²) >= 11 is 0. The summed E-state index contributed by atoms with van der Waals surface area (Å²) in [4.78, 5) is 10.5. The molecule has 0 aliphatic carbocycles. The molecule has 3 N–H and O–H groups in total. The van der Waals surface area contributed by atoms with E-state index in [2.05, 4.69) is 70.4 Å². The van der Waals surface area contributed by atoms with E-state index in [1.807, 2.05) is 18.3 Å². The Morgan fingerprint density at radius 1 is 0.686 bits per heavy atom. The number of benzene rings is 1. The number of H-pyrrole nitrogens is 3. The number of rotatable bonds is 16. The summed E-state index contributed by atoms with van der Waals surface area (Å²) in [7, 11) is 0. The topological polar surface area (TPSA) is 56.6 Å². The molecular formula is C31H41N3O. The summed E-state index contributed by atoms with van der Waals surface area (Å²) in [6, 6.07) is 21.0. The molecule has 0 aliphatic rings. The van der Waals surface area contributed by atoms with Gasteiger partial charge in [-0.25, -0.2) is 0 Å². The van der Waals surface area contributed by atoms with Crippen LogP contribution in [0.3, 0.4) is 0 Å². The fraction of sp³-hybridized carbons (Fsp3) is 0.419. The standard InChI is InChI=1S/C31H41N3O/c1-2-3-4-5-6-7-8-9-13-17-26-19-20-27(33-26)22-30-31(35-24-25-15-11-10-12-16-25)23-29(34-30)28-18-14-21-32-28/h10-12,14-16,18-21,23,32-34H,2-9,13,17,22,24H2,1H3. The van der Waals surface area contributed by atoms with E-state index in [9.17, 15) is 0 Å². The van der Waals surface area contributed by atoms with Crippen LogP contribution in [-0.2, 0) is 19.4 Å². The minimum absolute atomic E-state index is 0.560. The molecule has 0 amide bonds. The lowest BCUT2D eigenvalue weighted by Gasteiger charge is -2.07. The second-order valence-corrected chi connectivity index (χ2v) is 9.65. The normalized spacial score (nSPS) is 11.2. The molecule has 35 heavy (non-hydrogen) atoms. The largest absolute Gasteiger partial charge is 0.487 e. The van der Waals surface area contributed by atoms with Gasteiger partial charge in [0.25, 0.3) is 0 Å². The number of aryl methyl sites for hydroxylation is 1. The lowest BCUT2D eigenvalue weighted by molar-refractivity contribution is 0.303. The van der Waals surface area contributed by atoms with Crippen molar-refractivity contribution in [3.05, 3.63) is 89.5 Å². The van der Waals surface area contributed by atoms with Crippen LogP contribution in [0.1, 0.15) is 87.4 Å². The first kappa shape index (κ1) is 25.0. The van der Waals surface area contributed by atoms with Crippen molar-refractivity contribution in [2.24, 2.45) is 0 Å². The van der Waals surface area contributed by atoms with E-state index in [4.69, 9.17) is 4.74 Å². The summed E-state index contributed by atoms with van der Waals surface area (Å²) < 4.78 is 6.26. The molecule has 186 valence electrons. The van der Waals surface area contributed by atoms with Crippen molar-refractivity contribution < 1.29 is 4.74 Å². The molecule has 0 bridgehead atoms. The Labute approximate surface area is 210 Å². The fourth-order valence-electron chi connectivity index (χ4n) is 4.67. The van der Waals surface area contributed by atoms with Crippen molar-refractivity contribution in [3.63, 3.8) is 0 Å². The molecule has 0 fully saturated rings. The van der Waals surface area contributed by atoms with Crippen molar-refractivity contribution in [3.8, 4) is 17.1 Å². The first-order valence-corrected chi connectivity index (χ1v) is 13.5. The lowest BCUT2D eigenvalue weighted by Crippen LogP contribution is -1.98. The summed E-state index contributed by atoms with van der Waals surface area (Å²) in [5.74, 6) is 0.911. The quantitative estimate of drug-likeness (QED) is 0.141. The molecule has 4 heteroatoms. The molecule has 1 aromatic carbocycles. The van der Waals surface area contributed by atoms with Gasteiger partial charge in [0.2, 0.25) is 0 Å². The zero-order valence-corrected chi connectivity index (χ0v) is 21.2. The average molecular weight is 472 g/mol. The Hall–Kier alpha value is -3.14. The van der Waals surface area contributed by atoms with Gasteiger partial charge in [0.05, 0.1) is 17.1 Å². The molecule has 4 aromatic rings. The highest BCUT2D eigenvalue weighted by Gasteiger charge is 2.13. The van der Waals surface area contributed by atoms with Crippen molar-refractivity contribution in [1.82, 2.24) is 15.0 Å². The van der Waals surface area contributed by atoms with Crippen LogP contribution >= 0.6 is 0 Å². The van der Waals surface area contributed by atoms with Gasteiger partial charge in [0.15, 0.2) is 0 Å². The number of nitrogens with one attached hydrogen (secondary N) is 3. The molecule has 4 nitrogen and oxygen atoms in total. The molecular weight excluding hydrogens is 430 g/mol. The molecule has 3 heterocycles. The van der Waals surface area contributed by atoms with Crippen molar-refractivity contribution >= 4 is 0 Å². The average Bonchev–Trinajstić information content (AvgIpc) is 3.64. The minimum atomic E-state index is 0.560. The first-order valence-electron chi connectivity index (χ1n) is 13.5. The number of unbranched alkanes of at least 4 members (excludes halogenated alkanes) is 8. The van der Waals surface area contributed by atoms with Crippen LogP contribution in [-0.4, -0.2) is 15.0 Å². The van der Waals surface area contributed by atoms with E-state index in [0.29, 0.717) is 6.61 Å². The van der Waals surface area contributed by atoms with E-state index >= 15 is 0 Å².